The molecule has 2 heterocycles. The normalized spacial score (nSPS) is 25.8. The zero-order chi connectivity index (χ0) is 13.0. The average Bonchev–Trinajstić information content (AvgIpc) is 2.40. The van der Waals surface area contributed by atoms with Gasteiger partial charge < -0.3 is 20.3 Å². The third-order valence-corrected chi connectivity index (χ3v) is 3.51. The van der Waals surface area contributed by atoms with Crippen molar-refractivity contribution in [2.45, 2.75) is 31.9 Å². The number of rotatable bonds is 2. The van der Waals surface area contributed by atoms with Crippen LogP contribution in [0.1, 0.15) is 19.8 Å². The highest BCUT2D eigenvalue weighted by Gasteiger charge is 2.26. The van der Waals surface area contributed by atoms with Crippen molar-refractivity contribution < 1.29 is 14.3 Å². The lowest BCUT2D eigenvalue weighted by Crippen LogP contribution is -2.52. The standard InChI is InChI=1S/C12H21N3O3/c1-9(16)15-5-2-10(3-6-15)14-12(17)11-8-13-4-7-18-11/h10-11,13H,2-8H2,1H3,(H,14,17). The molecule has 2 N–H and O–H groups in total. The smallest absolute Gasteiger partial charge is 0.250 e. The van der Waals surface area contributed by atoms with Crippen molar-refractivity contribution in [2.24, 2.45) is 0 Å². The molecule has 0 aromatic carbocycles. The Bertz CT molecular complexity index is 308. The molecule has 0 aliphatic carbocycles. The van der Waals surface area contributed by atoms with Crippen LogP contribution >= 0.6 is 0 Å². The minimum absolute atomic E-state index is 0.0384. The number of likely N-dealkylation sites (tertiary alicyclic amines) is 1. The number of carbonyl (C=O) groups excluding carboxylic acids is 2. The fourth-order valence-corrected chi connectivity index (χ4v) is 2.37. The van der Waals surface area contributed by atoms with E-state index < -0.39 is 0 Å². The van der Waals surface area contributed by atoms with Gasteiger partial charge in [0.1, 0.15) is 6.10 Å². The molecule has 2 amide bonds. The fourth-order valence-electron chi connectivity index (χ4n) is 2.37. The molecule has 102 valence electrons. The Morgan fingerprint density at radius 1 is 1.33 bits per heavy atom. The van der Waals surface area contributed by atoms with Gasteiger partial charge in [-0.05, 0) is 12.8 Å². The quantitative estimate of drug-likeness (QED) is 0.671. The van der Waals surface area contributed by atoms with Crippen molar-refractivity contribution in [3.63, 3.8) is 0 Å². The van der Waals surface area contributed by atoms with Gasteiger partial charge in [-0.25, -0.2) is 0 Å². The monoisotopic (exact) mass is 255 g/mol. The number of ether oxygens (including phenoxy) is 1. The van der Waals surface area contributed by atoms with Gasteiger partial charge in [-0.3, -0.25) is 9.59 Å². The molecule has 0 aromatic heterocycles. The van der Waals surface area contributed by atoms with E-state index in [4.69, 9.17) is 4.74 Å². The predicted molar refractivity (Wildman–Crippen MR) is 66.0 cm³/mol. The average molecular weight is 255 g/mol. The summed E-state index contributed by atoms with van der Waals surface area (Å²) in [7, 11) is 0. The lowest BCUT2D eigenvalue weighted by molar-refractivity contribution is -0.135. The van der Waals surface area contributed by atoms with Gasteiger partial charge in [-0.1, -0.05) is 0 Å². The summed E-state index contributed by atoms with van der Waals surface area (Å²) in [5, 5.41) is 6.14. The van der Waals surface area contributed by atoms with Crippen LogP contribution < -0.4 is 10.6 Å². The number of piperidine rings is 1. The first-order valence-electron chi connectivity index (χ1n) is 6.55. The number of amides is 2. The molecule has 2 saturated heterocycles. The first-order valence-corrected chi connectivity index (χ1v) is 6.55. The third kappa shape index (κ3) is 3.43. The van der Waals surface area contributed by atoms with E-state index in [9.17, 15) is 9.59 Å². The van der Waals surface area contributed by atoms with Gasteiger partial charge in [0, 0.05) is 39.1 Å². The van der Waals surface area contributed by atoms with Crippen LogP contribution in [-0.4, -0.2) is 61.6 Å². The van der Waals surface area contributed by atoms with Crippen molar-refractivity contribution in [1.29, 1.82) is 0 Å². The number of morpholine rings is 1. The number of nitrogens with zero attached hydrogens (tertiary/aromatic N) is 1. The molecule has 0 spiro atoms. The summed E-state index contributed by atoms with van der Waals surface area (Å²) in [6.07, 6.45) is 1.28. The van der Waals surface area contributed by atoms with Crippen molar-refractivity contribution in [1.82, 2.24) is 15.5 Å². The van der Waals surface area contributed by atoms with E-state index in [-0.39, 0.29) is 24.0 Å². The van der Waals surface area contributed by atoms with E-state index in [1.807, 2.05) is 4.90 Å². The maximum Gasteiger partial charge on any atom is 0.250 e. The highest BCUT2D eigenvalue weighted by Crippen LogP contribution is 2.11. The lowest BCUT2D eigenvalue weighted by atomic mass is 10.0. The maximum atomic E-state index is 11.9. The molecule has 2 aliphatic rings. The van der Waals surface area contributed by atoms with Crippen LogP contribution in [0.15, 0.2) is 0 Å². The molecule has 6 heteroatoms. The van der Waals surface area contributed by atoms with Crippen molar-refractivity contribution >= 4 is 11.8 Å². The van der Waals surface area contributed by atoms with Gasteiger partial charge in [0.25, 0.3) is 5.91 Å². The molecule has 0 radical (unpaired) electrons. The Kier molecular flexibility index (Phi) is 4.54. The first kappa shape index (κ1) is 13.3. The van der Waals surface area contributed by atoms with Crippen LogP contribution in [0.5, 0.6) is 0 Å². The second-order valence-corrected chi connectivity index (χ2v) is 4.85. The summed E-state index contributed by atoms with van der Waals surface area (Å²) in [5.41, 5.74) is 0. The number of carbonyl (C=O) groups is 2. The topological polar surface area (TPSA) is 70.7 Å². The zero-order valence-corrected chi connectivity index (χ0v) is 10.8. The van der Waals surface area contributed by atoms with Gasteiger partial charge >= 0.3 is 0 Å². The third-order valence-electron chi connectivity index (χ3n) is 3.51. The summed E-state index contributed by atoms with van der Waals surface area (Å²) >= 11 is 0. The van der Waals surface area contributed by atoms with Crippen molar-refractivity contribution in [3.05, 3.63) is 0 Å². The Morgan fingerprint density at radius 3 is 2.61 bits per heavy atom. The van der Waals surface area contributed by atoms with Gasteiger partial charge in [0.2, 0.25) is 5.91 Å². The molecule has 2 aliphatic heterocycles. The maximum absolute atomic E-state index is 11.9. The van der Waals surface area contributed by atoms with Gasteiger partial charge in [0.15, 0.2) is 0 Å². The zero-order valence-electron chi connectivity index (χ0n) is 10.8. The summed E-state index contributed by atoms with van der Waals surface area (Å²) < 4.78 is 5.40. The Morgan fingerprint density at radius 2 is 2.06 bits per heavy atom. The van der Waals surface area contributed by atoms with E-state index in [0.717, 1.165) is 32.5 Å². The lowest BCUT2D eigenvalue weighted by Gasteiger charge is -2.33. The van der Waals surface area contributed by atoms with Crippen LogP contribution in [0, 0.1) is 0 Å². The highest BCUT2D eigenvalue weighted by molar-refractivity contribution is 5.81. The summed E-state index contributed by atoms with van der Waals surface area (Å²) in [4.78, 5) is 24.9. The van der Waals surface area contributed by atoms with E-state index in [2.05, 4.69) is 10.6 Å². The Labute approximate surface area is 107 Å². The van der Waals surface area contributed by atoms with E-state index in [1.165, 1.54) is 0 Å². The molecule has 2 fully saturated rings. The molecule has 18 heavy (non-hydrogen) atoms. The summed E-state index contributed by atoms with van der Waals surface area (Å²) in [5.74, 6) is 0.0723. The minimum atomic E-state index is -0.371. The van der Waals surface area contributed by atoms with Gasteiger partial charge in [0.05, 0.1) is 6.61 Å². The van der Waals surface area contributed by atoms with Crippen LogP contribution in [0.4, 0.5) is 0 Å². The SMILES string of the molecule is CC(=O)N1CCC(NC(=O)C2CNCCO2)CC1. The highest BCUT2D eigenvalue weighted by atomic mass is 16.5. The van der Waals surface area contributed by atoms with Crippen molar-refractivity contribution in [3.8, 4) is 0 Å². The van der Waals surface area contributed by atoms with E-state index in [0.29, 0.717) is 13.2 Å². The molecule has 1 unspecified atom stereocenters. The molecule has 6 nitrogen and oxygen atoms in total. The van der Waals surface area contributed by atoms with Crippen LogP contribution in [-0.2, 0) is 14.3 Å². The van der Waals surface area contributed by atoms with E-state index in [1.54, 1.807) is 6.92 Å². The first-order chi connectivity index (χ1) is 8.66. The summed E-state index contributed by atoms with van der Waals surface area (Å²) in [6, 6.07) is 0.165. The minimum Gasteiger partial charge on any atom is -0.366 e. The van der Waals surface area contributed by atoms with Gasteiger partial charge in [-0.15, -0.1) is 0 Å². The molecular formula is C12H21N3O3. The summed E-state index contributed by atoms with van der Waals surface area (Å²) in [6.45, 7) is 5.01. The van der Waals surface area contributed by atoms with Crippen molar-refractivity contribution in [2.75, 3.05) is 32.8 Å². The van der Waals surface area contributed by atoms with Crippen LogP contribution in [0.3, 0.4) is 0 Å². The van der Waals surface area contributed by atoms with Gasteiger partial charge in [-0.2, -0.15) is 0 Å². The number of nitrogens with one attached hydrogen (secondary N) is 2. The molecule has 2 rings (SSSR count). The number of hydrogen-bond donors (Lipinski definition) is 2. The molecular weight excluding hydrogens is 234 g/mol. The van der Waals surface area contributed by atoms with Crippen LogP contribution in [0.2, 0.25) is 0 Å². The second kappa shape index (κ2) is 6.15. The molecule has 0 bridgehead atoms. The molecule has 0 saturated carbocycles. The Hall–Kier alpha value is -1.14. The van der Waals surface area contributed by atoms with Crippen LogP contribution in [0.25, 0.3) is 0 Å². The largest absolute Gasteiger partial charge is 0.366 e. The fraction of sp³-hybridized carbons (Fsp3) is 0.833. The predicted octanol–water partition coefficient (Wildman–Crippen LogP) is -0.898. The molecule has 1 atom stereocenters. The Balaban J connectivity index is 1.73. The second-order valence-electron chi connectivity index (χ2n) is 4.85. The molecule has 0 aromatic rings. The number of hydrogen-bond acceptors (Lipinski definition) is 4. The van der Waals surface area contributed by atoms with E-state index >= 15 is 0 Å².